The maximum atomic E-state index is 14.3. The fraction of sp³-hybridized carbons (Fsp3) is 0.259. The van der Waals surface area contributed by atoms with Gasteiger partial charge >= 0.3 is 0 Å². The van der Waals surface area contributed by atoms with Gasteiger partial charge in [0.25, 0.3) is 0 Å². The lowest BCUT2D eigenvalue weighted by atomic mass is 10.1. The van der Waals surface area contributed by atoms with Gasteiger partial charge in [0.05, 0.1) is 28.4 Å². The average molecular weight is 478 g/mol. The second kappa shape index (κ2) is 9.85. The summed E-state index contributed by atoms with van der Waals surface area (Å²) >= 11 is 6.16. The summed E-state index contributed by atoms with van der Waals surface area (Å²) in [6.45, 7) is 1.74. The molecule has 174 valence electrons. The van der Waals surface area contributed by atoms with Crippen LogP contribution in [0.4, 0.5) is 10.1 Å². The van der Waals surface area contributed by atoms with Crippen LogP contribution in [0, 0.1) is 5.82 Å². The molecule has 5 rings (SSSR count). The molecule has 0 bridgehead atoms. The highest BCUT2D eigenvalue weighted by Crippen LogP contribution is 2.34. The van der Waals surface area contributed by atoms with Crippen LogP contribution in [0.5, 0.6) is 5.75 Å². The Morgan fingerprint density at radius 2 is 1.76 bits per heavy atom. The summed E-state index contributed by atoms with van der Waals surface area (Å²) in [7, 11) is 0. The SMILES string of the molecule is O=C1CC(c2nc3ccccc3n2CCCCOc2ccccc2Cl)CN1c1ccccc1F. The van der Waals surface area contributed by atoms with E-state index in [0.29, 0.717) is 36.0 Å². The quantitative estimate of drug-likeness (QED) is 0.283. The number of rotatable bonds is 8. The Morgan fingerprint density at radius 1 is 1.00 bits per heavy atom. The smallest absolute Gasteiger partial charge is 0.227 e. The van der Waals surface area contributed by atoms with Crippen LogP contribution >= 0.6 is 11.6 Å². The molecule has 1 unspecified atom stereocenters. The minimum Gasteiger partial charge on any atom is -0.492 e. The molecule has 0 saturated carbocycles. The second-order valence-electron chi connectivity index (χ2n) is 8.45. The van der Waals surface area contributed by atoms with Gasteiger partial charge in [-0.1, -0.05) is 48.0 Å². The van der Waals surface area contributed by atoms with Crippen LogP contribution in [-0.2, 0) is 11.3 Å². The molecule has 5 nitrogen and oxygen atoms in total. The molecule has 1 saturated heterocycles. The molecule has 0 N–H and O–H groups in total. The predicted octanol–water partition coefficient (Wildman–Crippen LogP) is 6.21. The van der Waals surface area contributed by atoms with Crippen molar-refractivity contribution in [3.8, 4) is 5.75 Å². The van der Waals surface area contributed by atoms with Gasteiger partial charge in [0.2, 0.25) is 5.91 Å². The first-order chi connectivity index (χ1) is 16.6. The van der Waals surface area contributed by atoms with Crippen LogP contribution < -0.4 is 9.64 Å². The first-order valence-corrected chi connectivity index (χ1v) is 11.9. The number of aromatic nitrogens is 2. The lowest BCUT2D eigenvalue weighted by molar-refractivity contribution is -0.117. The van der Waals surface area contributed by atoms with Gasteiger partial charge in [0.1, 0.15) is 17.4 Å². The number of carbonyl (C=O) groups is 1. The Balaban J connectivity index is 1.31. The summed E-state index contributed by atoms with van der Waals surface area (Å²) < 4.78 is 22.4. The third-order valence-corrected chi connectivity index (χ3v) is 6.50. The third-order valence-electron chi connectivity index (χ3n) is 6.19. The number of fused-ring (bicyclic) bond motifs is 1. The Bertz CT molecular complexity index is 1320. The Morgan fingerprint density at radius 3 is 2.62 bits per heavy atom. The van der Waals surface area contributed by atoms with E-state index in [2.05, 4.69) is 10.6 Å². The molecule has 0 spiro atoms. The molecule has 3 aromatic carbocycles. The molecular formula is C27H25ClFN3O2. The van der Waals surface area contributed by atoms with Gasteiger partial charge in [0.15, 0.2) is 0 Å². The monoisotopic (exact) mass is 477 g/mol. The highest BCUT2D eigenvalue weighted by atomic mass is 35.5. The number of unbranched alkanes of at least 4 members (excludes halogenated alkanes) is 1. The maximum absolute atomic E-state index is 14.3. The summed E-state index contributed by atoms with van der Waals surface area (Å²) in [6, 6.07) is 21.9. The first-order valence-electron chi connectivity index (χ1n) is 11.5. The van der Waals surface area contributed by atoms with E-state index in [1.807, 2.05) is 42.5 Å². The molecule has 1 fully saturated rings. The highest BCUT2D eigenvalue weighted by Gasteiger charge is 2.35. The van der Waals surface area contributed by atoms with E-state index in [4.69, 9.17) is 21.3 Å². The number of anilines is 1. The summed E-state index contributed by atoms with van der Waals surface area (Å²) in [5.74, 6) is 1.00. The predicted molar refractivity (Wildman–Crippen MR) is 132 cm³/mol. The zero-order chi connectivity index (χ0) is 23.5. The van der Waals surface area contributed by atoms with E-state index in [0.717, 1.165) is 36.2 Å². The lowest BCUT2D eigenvalue weighted by Crippen LogP contribution is -2.25. The minimum absolute atomic E-state index is 0.0816. The Hall–Kier alpha value is -3.38. The van der Waals surface area contributed by atoms with Gasteiger partial charge in [-0.3, -0.25) is 4.79 Å². The molecule has 1 aromatic heterocycles. The standard InChI is InChI=1S/C27H25ClFN3O2/c28-20-9-1-6-14-25(20)34-16-8-7-15-31-24-13-5-3-11-22(24)30-27(31)19-17-26(33)32(18-19)23-12-4-2-10-21(23)29/h1-6,9-14,19H,7-8,15-18H2. The molecular weight excluding hydrogens is 453 g/mol. The van der Waals surface area contributed by atoms with Crippen molar-refractivity contribution < 1.29 is 13.9 Å². The van der Waals surface area contributed by atoms with Crippen molar-refractivity contribution in [2.45, 2.75) is 31.7 Å². The molecule has 1 aliphatic heterocycles. The fourth-order valence-electron chi connectivity index (χ4n) is 4.54. The summed E-state index contributed by atoms with van der Waals surface area (Å²) in [5.41, 5.74) is 2.28. The van der Waals surface area contributed by atoms with Crippen LogP contribution in [0.25, 0.3) is 11.0 Å². The highest BCUT2D eigenvalue weighted by molar-refractivity contribution is 6.32. The number of para-hydroxylation sites is 4. The van der Waals surface area contributed by atoms with Gasteiger partial charge in [-0.2, -0.15) is 0 Å². The third kappa shape index (κ3) is 4.50. The average Bonchev–Trinajstić information content (AvgIpc) is 3.41. The zero-order valence-electron chi connectivity index (χ0n) is 18.7. The van der Waals surface area contributed by atoms with E-state index in [-0.39, 0.29) is 17.6 Å². The van der Waals surface area contributed by atoms with Crippen molar-refractivity contribution in [2.24, 2.45) is 0 Å². The van der Waals surface area contributed by atoms with E-state index in [1.165, 1.54) is 6.07 Å². The van der Waals surface area contributed by atoms with Crippen LogP contribution in [-0.4, -0.2) is 28.6 Å². The number of ether oxygens (including phenoxy) is 1. The molecule has 0 radical (unpaired) electrons. The topological polar surface area (TPSA) is 47.4 Å². The normalized spacial score (nSPS) is 15.9. The number of imidazole rings is 1. The van der Waals surface area contributed by atoms with Crippen LogP contribution in [0.15, 0.2) is 72.8 Å². The molecule has 1 aliphatic rings. The van der Waals surface area contributed by atoms with E-state index >= 15 is 0 Å². The van der Waals surface area contributed by atoms with E-state index in [1.54, 1.807) is 23.1 Å². The number of benzene rings is 3. The van der Waals surface area contributed by atoms with Gasteiger partial charge in [0, 0.05) is 25.4 Å². The Labute approximate surface area is 202 Å². The summed E-state index contributed by atoms with van der Waals surface area (Å²) in [5, 5.41) is 0.607. The minimum atomic E-state index is -0.386. The fourth-order valence-corrected chi connectivity index (χ4v) is 4.73. The number of hydrogen-bond acceptors (Lipinski definition) is 3. The van der Waals surface area contributed by atoms with E-state index in [9.17, 15) is 9.18 Å². The lowest BCUT2D eigenvalue weighted by Gasteiger charge is -2.18. The van der Waals surface area contributed by atoms with Crippen molar-refractivity contribution >= 4 is 34.2 Å². The molecule has 1 amide bonds. The largest absolute Gasteiger partial charge is 0.492 e. The summed E-state index contributed by atoms with van der Waals surface area (Å²) in [4.78, 5) is 19.2. The maximum Gasteiger partial charge on any atom is 0.227 e. The van der Waals surface area contributed by atoms with Crippen molar-refractivity contribution in [1.82, 2.24) is 9.55 Å². The van der Waals surface area contributed by atoms with Crippen LogP contribution in [0.2, 0.25) is 5.02 Å². The summed E-state index contributed by atoms with van der Waals surface area (Å²) in [6.07, 6.45) is 2.05. The molecule has 1 atom stereocenters. The van der Waals surface area contributed by atoms with Crippen LogP contribution in [0.3, 0.4) is 0 Å². The van der Waals surface area contributed by atoms with Gasteiger partial charge in [-0.25, -0.2) is 9.37 Å². The molecule has 7 heteroatoms. The van der Waals surface area contributed by atoms with Crippen LogP contribution in [0.1, 0.15) is 31.0 Å². The van der Waals surface area contributed by atoms with Gasteiger partial charge < -0.3 is 14.2 Å². The van der Waals surface area contributed by atoms with Gasteiger partial charge in [-0.15, -0.1) is 0 Å². The molecule has 4 aromatic rings. The molecule has 2 heterocycles. The number of halogens is 2. The van der Waals surface area contributed by atoms with Crippen molar-refractivity contribution in [1.29, 1.82) is 0 Å². The first kappa shape index (κ1) is 22.4. The number of aryl methyl sites for hydroxylation is 1. The number of nitrogens with zero attached hydrogens (tertiary/aromatic N) is 3. The number of amides is 1. The molecule has 0 aliphatic carbocycles. The Kier molecular flexibility index (Phi) is 6.50. The molecule has 34 heavy (non-hydrogen) atoms. The zero-order valence-corrected chi connectivity index (χ0v) is 19.4. The van der Waals surface area contributed by atoms with Crippen molar-refractivity contribution in [3.63, 3.8) is 0 Å². The van der Waals surface area contributed by atoms with Crippen molar-refractivity contribution in [3.05, 3.63) is 89.5 Å². The number of hydrogen-bond donors (Lipinski definition) is 0. The van der Waals surface area contributed by atoms with E-state index < -0.39 is 0 Å². The number of carbonyl (C=O) groups excluding carboxylic acids is 1. The van der Waals surface area contributed by atoms with Gasteiger partial charge in [-0.05, 0) is 49.2 Å². The van der Waals surface area contributed by atoms with Crippen molar-refractivity contribution in [2.75, 3.05) is 18.1 Å². The second-order valence-corrected chi connectivity index (χ2v) is 8.86.